The fourth-order valence-corrected chi connectivity index (χ4v) is 5.65. The van der Waals surface area contributed by atoms with Gasteiger partial charge in [0.1, 0.15) is 17.2 Å². The van der Waals surface area contributed by atoms with E-state index < -0.39 is 28.0 Å². The number of benzene rings is 2. The molecule has 1 atom stereocenters. The highest BCUT2D eigenvalue weighted by molar-refractivity contribution is 7.89. The molecule has 2 aromatic heterocycles. The first-order chi connectivity index (χ1) is 14.2. The Balaban J connectivity index is 1.76. The minimum absolute atomic E-state index is 0.0498. The number of fused-ring (bicyclic) bond motifs is 3. The van der Waals surface area contributed by atoms with Crippen molar-refractivity contribution in [3.8, 4) is 10.4 Å². The average Bonchev–Trinajstić information content (AvgIpc) is 3.28. The van der Waals surface area contributed by atoms with E-state index in [1.807, 2.05) is 30.3 Å². The van der Waals surface area contributed by atoms with E-state index in [0.717, 1.165) is 21.2 Å². The summed E-state index contributed by atoms with van der Waals surface area (Å²) in [5, 5.41) is 10.9. The second-order valence-electron chi connectivity index (χ2n) is 7.26. The summed E-state index contributed by atoms with van der Waals surface area (Å²) in [7, 11) is -4.03. The average molecular weight is 464 g/mol. The predicted octanol–water partition coefficient (Wildman–Crippen LogP) is 5.36. The van der Waals surface area contributed by atoms with Crippen LogP contribution in [0.25, 0.3) is 32.4 Å². The van der Waals surface area contributed by atoms with E-state index in [4.69, 9.17) is 16.0 Å². The van der Waals surface area contributed by atoms with Crippen molar-refractivity contribution in [1.82, 2.24) is 4.72 Å². The lowest BCUT2D eigenvalue weighted by atomic mass is 10.1. The minimum atomic E-state index is -4.03. The highest BCUT2D eigenvalue weighted by Gasteiger charge is 2.28. The van der Waals surface area contributed by atoms with Crippen LogP contribution in [0.2, 0.25) is 4.34 Å². The Morgan fingerprint density at radius 1 is 1.07 bits per heavy atom. The first-order valence-corrected chi connectivity index (χ1v) is 11.8. The van der Waals surface area contributed by atoms with Gasteiger partial charge >= 0.3 is 5.97 Å². The molecule has 4 aromatic rings. The van der Waals surface area contributed by atoms with Crippen molar-refractivity contribution in [3.63, 3.8) is 0 Å². The highest BCUT2D eigenvalue weighted by atomic mass is 35.5. The van der Waals surface area contributed by atoms with Crippen molar-refractivity contribution in [2.75, 3.05) is 0 Å². The van der Waals surface area contributed by atoms with E-state index in [2.05, 4.69) is 4.72 Å². The Hall–Kier alpha value is -2.39. The predicted molar refractivity (Wildman–Crippen MR) is 119 cm³/mol. The number of hydrogen-bond donors (Lipinski definition) is 2. The second-order valence-corrected chi connectivity index (χ2v) is 10.7. The number of carboxylic acid groups (broad SMARTS) is 1. The summed E-state index contributed by atoms with van der Waals surface area (Å²) < 4.78 is 34.3. The van der Waals surface area contributed by atoms with E-state index in [1.165, 1.54) is 23.5 Å². The third-order valence-electron chi connectivity index (χ3n) is 4.83. The van der Waals surface area contributed by atoms with E-state index in [1.54, 1.807) is 19.9 Å². The number of furan rings is 1. The van der Waals surface area contributed by atoms with Crippen LogP contribution in [0.1, 0.15) is 13.8 Å². The Kier molecular flexibility index (Phi) is 5.36. The molecule has 30 heavy (non-hydrogen) atoms. The van der Waals surface area contributed by atoms with Crippen LogP contribution in [0, 0.1) is 5.92 Å². The lowest BCUT2D eigenvalue weighted by Gasteiger charge is -2.17. The van der Waals surface area contributed by atoms with Gasteiger partial charge in [0.15, 0.2) is 0 Å². The van der Waals surface area contributed by atoms with E-state index in [-0.39, 0.29) is 4.90 Å². The van der Waals surface area contributed by atoms with Gasteiger partial charge in [0.2, 0.25) is 10.0 Å². The molecule has 2 aromatic carbocycles. The van der Waals surface area contributed by atoms with Gasteiger partial charge in [-0.3, -0.25) is 4.79 Å². The molecule has 0 bridgehead atoms. The Morgan fingerprint density at radius 3 is 2.47 bits per heavy atom. The number of carboxylic acids is 1. The van der Waals surface area contributed by atoms with Crippen molar-refractivity contribution >= 4 is 60.9 Å². The summed E-state index contributed by atoms with van der Waals surface area (Å²) >= 11 is 7.51. The lowest BCUT2D eigenvalue weighted by molar-refractivity contribution is -0.140. The zero-order chi connectivity index (χ0) is 21.6. The molecule has 0 saturated heterocycles. The third kappa shape index (κ3) is 3.83. The maximum Gasteiger partial charge on any atom is 0.322 e. The monoisotopic (exact) mass is 463 g/mol. The SMILES string of the molecule is CC(C)[C@H](NS(=O)(=O)c1ccc2c(c1)oc1ccc(-c3ccc(Cl)s3)cc12)C(=O)O. The maximum absolute atomic E-state index is 12.7. The normalized spacial score (nSPS) is 13.3. The molecule has 2 N–H and O–H groups in total. The number of carbonyl (C=O) groups is 1. The molecule has 0 saturated carbocycles. The fraction of sp³-hybridized carbons (Fsp3) is 0.190. The summed E-state index contributed by atoms with van der Waals surface area (Å²) in [6.07, 6.45) is 0. The molecule has 0 radical (unpaired) electrons. The van der Waals surface area contributed by atoms with Crippen molar-refractivity contribution in [2.24, 2.45) is 5.92 Å². The number of halogens is 1. The molecule has 6 nitrogen and oxygen atoms in total. The molecule has 0 aliphatic rings. The van der Waals surface area contributed by atoms with E-state index in [9.17, 15) is 18.3 Å². The summed E-state index contributed by atoms with van der Waals surface area (Å²) in [5.41, 5.74) is 2.02. The van der Waals surface area contributed by atoms with E-state index in [0.29, 0.717) is 15.5 Å². The molecule has 4 rings (SSSR count). The molecule has 0 aliphatic heterocycles. The zero-order valence-electron chi connectivity index (χ0n) is 16.0. The van der Waals surface area contributed by atoms with Gasteiger partial charge in [-0.25, -0.2) is 8.42 Å². The Labute approximate surface area is 182 Å². The molecule has 0 unspecified atom stereocenters. The summed E-state index contributed by atoms with van der Waals surface area (Å²) in [4.78, 5) is 12.3. The highest BCUT2D eigenvalue weighted by Crippen LogP contribution is 2.36. The van der Waals surface area contributed by atoms with Crippen molar-refractivity contribution in [1.29, 1.82) is 0 Å². The van der Waals surface area contributed by atoms with Gasteiger partial charge in [-0.15, -0.1) is 11.3 Å². The number of thiophene rings is 1. The van der Waals surface area contributed by atoms with Crippen LogP contribution in [-0.2, 0) is 14.8 Å². The molecule has 0 spiro atoms. The summed E-state index contributed by atoms with van der Waals surface area (Å²) in [6.45, 7) is 3.28. The van der Waals surface area contributed by atoms with Crippen LogP contribution < -0.4 is 4.72 Å². The third-order valence-corrected chi connectivity index (χ3v) is 7.54. The lowest BCUT2D eigenvalue weighted by Crippen LogP contribution is -2.44. The number of rotatable bonds is 6. The van der Waals surface area contributed by atoms with Crippen LogP contribution in [0.15, 0.2) is 57.8 Å². The quantitative estimate of drug-likeness (QED) is 0.401. The summed E-state index contributed by atoms with van der Waals surface area (Å²) in [6, 6.07) is 12.8. The number of sulfonamides is 1. The first-order valence-electron chi connectivity index (χ1n) is 9.13. The van der Waals surface area contributed by atoms with Crippen LogP contribution in [-0.4, -0.2) is 25.5 Å². The number of aliphatic carboxylic acids is 1. The topological polar surface area (TPSA) is 96.6 Å². The van der Waals surface area contributed by atoms with Gasteiger partial charge in [-0.1, -0.05) is 25.4 Å². The molecular formula is C21H18ClNO5S2. The zero-order valence-corrected chi connectivity index (χ0v) is 18.4. The second kappa shape index (κ2) is 7.70. The van der Waals surface area contributed by atoms with Gasteiger partial charge in [0, 0.05) is 21.7 Å². The molecule has 2 heterocycles. The van der Waals surface area contributed by atoms with Gasteiger partial charge in [0.05, 0.1) is 9.23 Å². The molecule has 0 fully saturated rings. The van der Waals surface area contributed by atoms with Crippen LogP contribution >= 0.6 is 22.9 Å². The Morgan fingerprint density at radius 2 is 1.83 bits per heavy atom. The molecule has 9 heteroatoms. The van der Waals surface area contributed by atoms with Gasteiger partial charge in [-0.05, 0) is 53.9 Å². The molecule has 156 valence electrons. The molecular weight excluding hydrogens is 446 g/mol. The summed E-state index contributed by atoms with van der Waals surface area (Å²) in [5.74, 6) is -1.63. The van der Waals surface area contributed by atoms with Crippen molar-refractivity contribution in [3.05, 3.63) is 52.9 Å². The minimum Gasteiger partial charge on any atom is -0.480 e. The van der Waals surface area contributed by atoms with Crippen molar-refractivity contribution in [2.45, 2.75) is 24.8 Å². The maximum atomic E-state index is 12.7. The largest absolute Gasteiger partial charge is 0.480 e. The molecule has 0 amide bonds. The van der Waals surface area contributed by atoms with Crippen LogP contribution in [0.3, 0.4) is 0 Å². The van der Waals surface area contributed by atoms with Crippen molar-refractivity contribution < 1.29 is 22.7 Å². The van der Waals surface area contributed by atoms with Gasteiger partial charge < -0.3 is 9.52 Å². The molecule has 0 aliphatic carbocycles. The first kappa shape index (κ1) is 20.9. The van der Waals surface area contributed by atoms with Gasteiger partial charge in [-0.2, -0.15) is 4.72 Å². The van der Waals surface area contributed by atoms with E-state index >= 15 is 0 Å². The number of nitrogens with one attached hydrogen (secondary N) is 1. The smallest absolute Gasteiger partial charge is 0.322 e. The fourth-order valence-electron chi connectivity index (χ4n) is 3.25. The van der Waals surface area contributed by atoms with Crippen LogP contribution in [0.4, 0.5) is 0 Å². The standard InChI is InChI=1S/C21H18ClNO5S2/c1-11(2)20(21(24)25)23-30(26,27)13-4-5-14-15-9-12(18-7-8-19(22)29-18)3-6-16(15)28-17(14)10-13/h3-11,20,23H,1-2H3,(H,24,25)/t20-/m0/s1. The number of hydrogen-bond acceptors (Lipinski definition) is 5. The van der Waals surface area contributed by atoms with Gasteiger partial charge in [0.25, 0.3) is 0 Å². The van der Waals surface area contributed by atoms with Crippen LogP contribution in [0.5, 0.6) is 0 Å². The Bertz CT molecular complexity index is 1370.